The highest BCUT2D eigenvalue weighted by molar-refractivity contribution is 7.80. The Morgan fingerprint density at radius 1 is 1.53 bits per heavy atom. The van der Waals surface area contributed by atoms with Crippen LogP contribution in [0.2, 0.25) is 0 Å². The molecule has 0 aliphatic rings. The van der Waals surface area contributed by atoms with Gasteiger partial charge < -0.3 is 15.2 Å². The van der Waals surface area contributed by atoms with Crippen molar-refractivity contribution < 1.29 is 23.8 Å². The molecule has 0 bridgehead atoms. The molecule has 104 valence electrons. The number of hydrogen-bond donors (Lipinski definition) is 3. The van der Waals surface area contributed by atoms with Crippen LogP contribution in [0, 0.1) is 5.82 Å². The van der Waals surface area contributed by atoms with Gasteiger partial charge in [0, 0.05) is 5.56 Å². The summed E-state index contributed by atoms with van der Waals surface area (Å²) in [5.74, 6) is -2.09. The summed E-state index contributed by atoms with van der Waals surface area (Å²) in [5.41, 5.74) is 0.128. The summed E-state index contributed by atoms with van der Waals surface area (Å²) >= 11 is 3.92. The van der Waals surface area contributed by atoms with E-state index in [4.69, 9.17) is 9.84 Å². The number of carboxylic acids is 1. The number of carboxylic acid groups (broad SMARTS) is 1. The number of carbonyl (C=O) groups excluding carboxylic acids is 1. The number of methoxy groups -OCH3 is 1. The smallest absolute Gasteiger partial charge is 0.326 e. The van der Waals surface area contributed by atoms with E-state index in [2.05, 4.69) is 17.9 Å². The third-order valence-corrected chi connectivity index (χ3v) is 2.69. The molecule has 1 rings (SSSR count). The van der Waals surface area contributed by atoms with E-state index >= 15 is 0 Å². The molecule has 1 atom stereocenters. The first kappa shape index (κ1) is 15.3. The van der Waals surface area contributed by atoms with Gasteiger partial charge in [-0.25, -0.2) is 9.18 Å². The van der Waals surface area contributed by atoms with Crippen molar-refractivity contribution in [3.8, 4) is 5.75 Å². The molecule has 5 nitrogen and oxygen atoms in total. The predicted octanol–water partition coefficient (Wildman–Crippen LogP) is 1.34. The van der Waals surface area contributed by atoms with Gasteiger partial charge in [-0.3, -0.25) is 4.79 Å². The average Bonchev–Trinajstić information content (AvgIpc) is 2.38. The molecule has 0 aliphatic carbocycles. The van der Waals surface area contributed by atoms with Crippen LogP contribution < -0.4 is 10.1 Å². The van der Waals surface area contributed by atoms with Crippen LogP contribution in [0.5, 0.6) is 5.75 Å². The van der Waals surface area contributed by atoms with Crippen molar-refractivity contribution in [3.05, 3.63) is 29.6 Å². The highest BCUT2D eigenvalue weighted by Crippen LogP contribution is 2.18. The Balaban J connectivity index is 2.85. The molecule has 0 heterocycles. The zero-order valence-electron chi connectivity index (χ0n) is 10.2. The molecule has 0 radical (unpaired) electrons. The van der Waals surface area contributed by atoms with E-state index in [1.165, 1.54) is 19.2 Å². The third kappa shape index (κ3) is 4.13. The Hall–Kier alpha value is -1.76. The van der Waals surface area contributed by atoms with Gasteiger partial charge in [-0.2, -0.15) is 12.6 Å². The number of carbonyl (C=O) groups is 2. The van der Waals surface area contributed by atoms with Gasteiger partial charge in [0.1, 0.15) is 6.04 Å². The molecule has 1 aromatic carbocycles. The van der Waals surface area contributed by atoms with E-state index in [-0.39, 0.29) is 17.7 Å². The summed E-state index contributed by atoms with van der Waals surface area (Å²) < 4.78 is 17.9. The highest BCUT2D eigenvalue weighted by Gasteiger charge is 2.20. The van der Waals surface area contributed by atoms with Gasteiger partial charge in [0.2, 0.25) is 0 Å². The topological polar surface area (TPSA) is 75.6 Å². The zero-order chi connectivity index (χ0) is 14.4. The van der Waals surface area contributed by atoms with Crippen molar-refractivity contribution in [2.24, 2.45) is 0 Å². The lowest BCUT2D eigenvalue weighted by molar-refractivity contribution is -0.139. The number of thiol groups is 1. The summed E-state index contributed by atoms with van der Waals surface area (Å²) in [6, 6.07) is 2.53. The molecule has 0 saturated carbocycles. The fourth-order valence-electron chi connectivity index (χ4n) is 1.43. The largest absolute Gasteiger partial charge is 0.494 e. The van der Waals surface area contributed by atoms with Crippen LogP contribution in [0.1, 0.15) is 16.8 Å². The summed E-state index contributed by atoms with van der Waals surface area (Å²) in [6.45, 7) is 0. The van der Waals surface area contributed by atoms with E-state index in [1.54, 1.807) is 0 Å². The normalized spacial score (nSPS) is 11.7. The minimum Gasteiger partial charge on any atom is -0.494 e. The number of halogens is 1. The molecular formula is C12H14FNO4S. The number of nitrogens with one attached hydrogen (secondary N) is 1. The molecule has 2 N–H and O–H groups in total. The van der Waals surface area contributed by atoms with Crippen molar-refractivity contribution in [2.45, 2.75) is 12.5 Å². The Bertz CT molecular complexity index is 481. The van der Waals surface area contributed by atoms with Crippen molar-refractivity contribution in [3.63, 3.8) is 0 Å². The maximum atomic E-state index is 13.2. The fourth-order valence-corrected chi connectivity index (χ4v) is 1.69. The number of hydrogen-bond acceptors (Lipinski definition) is 4. The van der Waals surface area contributed by atoms with E-state index in [1.807, 2.05) is 0 Å². The second-order valence-electron chi connectivity index (χ2n) is 3.73. The van der Waals surface area contributed by atoms with Crippen molar-refractivity contribution in [2.75, 3.05) is 12.9 Å². The Morgan fingerprint density at radius 3 is 2.74 bits per heavy atom. The van der Waals surface area contributed by atoms with E-state index in [9.17, 15) is 14.0 Å². The van der Waals surface area contributed by atoms with E-state index < -0.39 is 23.7 Å². The van der Waals surface area contributed by atoms with Crippen LogP contribution in [0.4, 0.5) is 4.39 Å². The lowest BCUT2D eigenvalue weighted by atomic mass is 10.1. The summed E-state index contributed by atoms with van der Waals surface area (Å²) in [7, 11) is 1.28. The molecule has 0 fully saturated rings. The van der Waals surface area contributed by atoms with Gasteiger partial charge >= 0.3 is 5.97 Å². The van der Waals surface area contributed by atoms with Gasteiger partial charge in [-0.15, -0.1) is 0 Å². The number of amides is 1. The van der Waals surface area contributed by atoms with Crippen LogP contribution in [0.25, 0.3) is 0 Å². The third-order valence-electron chi connectivity index (χ3n) is 2.43. The molecule has 1 amide bonds. The zero-order valence-corrected chi connectivity index (χ0v) is 11.1. The van der Waals surface area contributed by atoms with Gasteiger partial charge in [-0.1, -0.05) is 0 Å². The Labute approximate surface area is 115 Å². The van der Waals surface area contributed by atoms with Crippen LogP contribution in [0.15, 0.2) is 18.2 Å². The van der Waals surface area contributed by atoms with E-state index in [0.717, 1.165) is 6.07 Å². The van der Waals surface area contributed by atoms with Crippen molar-refractivity contribution >= 4 is 24.5 Å². The second kappa shape index (κ2) is 6.98. The van der Waals surface area contributed by atoms with Gasteiger partial charge in [0.25, 0.3) is 5.91 Å². The monoisotopic (exact) mass is 287 g/mol. The molecule has 19 heavy (non-hydrogen) atoms. The lowest BCUT2D eigenvalue weighted by Crippen LogP contribution is -2.41. The summed E-state index contributed by atoms with van der Waals surface area (Å²) in [4.78, 5) is 22.7. The fraction of sp³-hybridized carbons (Fsp3) is 0.333. The Morgan fingerprint density at radius 2 is 2.21 bits per heavy atom. The first-order valence-electron chi connectivity index (χ1n) is 5.47. The molecule has 1 unspecified atom stereocenters. The van der Waals surface area contributed by atoms with Gasteiger partial charge in [0.15, 0.2) is 11.6 Å². The van der Waals surface area contributed by atoms with Crippen LogP contribution in [-0.2, 0) is 4.79 Å². The molecular weight excluding hydrogens is 273 g/mol. The highest BCUT2D eigenvalue weighted by atomic mass is 32.1. The molecule has 0 aromatic heterocycles. The maximum absolute atomic E-state index is 13.2. The molecule has 0 aliphatic heterocycles. The van der Waals surface area contributed by atoms with Gasteiger partial charge in [0.05, 0.1) is 7.11 Å². The van der Waals surface area contributed by atoms with Crippen LogP contribution in [0.3, 0.4) is 0 Å². The number of benzene rings is 1. The lowest BCUT2D eigenvalue weighted by Gasteiger charge is -2.13. The quantitative estimate of drug-likeness (QED) is 0.690. The number of rotatable bonds is 6. The average molecular weight is 287 g/mol. The SMILES string of the molecule is COc1cc(C(=O)NC(CCS)C(=O)O)ccc1F. The molecule has 0 spiro atoms. The summed E-state index contributed by atoms with van der Waals surface area (Å²) in [5, 5.41) is 11.3. The standard InChI is InChI=1S/C12H14FNO4S/c1-18-10-6-7(2-3-8(10)13)11(15)14-9(4-5-19)12(16)17/h2-3,6,9,19H,4-5H2,1H3,(H,14,15)(H,16,17). The minimum absolute atomic E-state index is 0.0753. The van der Waals surface area contributed by atoms with Gasteiger partial charge in [-0.05, 0) is 30.4 Å². The summed E-state index contributed by atoms with van der Waals surface area (Å²) in [6.07, 6.45) is 0.197. The molecule has 7 heteroatoms. The maximum Gasteiger partial charge on any atom is 0.326 e. The first-order valence-corrected chi connectivity index (χ1v) is 6.11. The van der Waals surface area contributed by atoms with Crippen molar-refractivity contribution in [1.29, 1.82) is 0 Å². The number of aliphatic carboxylic acids is 1. The minimum atomic E-state index is -1.14. The first-order chi connectivity index (χ1) is 8.99. The van der Waals surface area contributed by atoms with E-state index in [0.29, 0.717) is 5.75 Å². The Kier molecular flexibility index (Phi) is 5.62. The van der Waals surface area contributed by atoms with Crippen molar-refractivity contribution in [1.82, 2.24) is 5.32 Å². The number of ether oxygens (including phenoxy) is 1. The molecule has 0 saturated heterocycles. The van der Waals surface area contributed by atoms with Crippen LogP contribution >= 0.6 is 12.6 Å². The second-order valence-corrected chi connectivity index (χ2v) is 4.17. The predicted molar refractivity (Wildman–Crippen MR) is 70.3 cm³/mol. The van der Waals surface area contributed by atoms with Crippen LogP contribution in [-0.4, -0.2) is 35.9 Å². The molecule has 1 aromatic rings.